The Morgan fingerprint density at radius 3 is 1.39 bits per heavy atom. The molecule has 0 saturated carbocycles. The molecule has 0 fully saturated rings. The minimum absolute atomic E-state index is 0.513. The highest BCUT2D eigenvalue weighted by atomic mass is 15.6. The van der Waals surface area contributed by atoms with Crippen LogP contribution in [-0.4, -0.2) is 29.7 Å². The van der Waals surface area contributed by atoms with Crippen LogP contribution in [0.4, 0.5) is 0 Å². The molecule has 8 rings (SSSR count). The lowest BCUT2D eigenvalue weighted by molar-refractivity contribution is -0.837. The van der Waals surface area contributed by atoms with Crippen LogP contribution >= 0.6 is 0 Å². The lowest BCUT2D eigenvalue weighted by atomic mass is 9.96. The Hall–Kier alpha value is -3.40. The van der Waals surface area contributed by atoms with Crippen molar-refractivity contribution in [3.05, 3.63) is 84.1 Å². The van der Waals surface area contributed by atoms with E-state index < -0.39 is 5.91 Å². The first-order chi connectivity index (χ1) is 20.0. The second-order valence-corrected chi connectivity index (χ2v) is 12.3. The zero-order chi connectivity index (χ0) is 28.5. The maximum absolute atomic E-state index is 2.78. The average molecular weight is 545 g/mol. The summed E-state index contributed by atoms with van der Waals surface area (Å²) in [6, 6.07) is 0. The summed E-state index contributed by atoms with van der Waals surface area (Å²) in [6.07, 6.45) is 18.7. The van der Waals surface area contributed by atoms with Crippen LogP contribution in [-0.2, 0) is 31.6 Å². The molecule has 4 heteroatoms. The first-order valence-electron chi connectivity index (χ1n) is 16.5. The van der Waals surface area contributed by atoms with Crippen molar-refractivity contribution in [2.24, 2.45) is 0 Å². The summed E-state index contributed by atoms with van der Waals surface area (Å²) < 4.78 is 11.1. The fraction of sp³-hybridized carbons (Fsp3) is 0.459. The molecule has 0 N–H and O–H groups in total. The van der Waals surface area contributed by atoms with E-state index in [9.17, 15) is 0 Å². The van der Waals surface area contributed by atoms with Gasteiger partial charge in [0.1, 0.15) is 0 Å². The normalized spacial score (nSPS) is 22.3. The third-order valence-corrected chi connectivity index (χ3v) is 11.0. The third kappa shape index (κ3) is 2.49. The van der Waals surface area contributed by atoms with Crippen molar-refractivity contribution < 1.29 is 9.15 Å². The first kappa shape index (κ1) is 25.3. The molecule has 2 aromatic heterocycles. The van der Waals surface area contributed by atoms with Crippen molar-refractivity contribution >= 4 is 29.7 Å². The van der Waals surface area contributed by atoms with Gasteiger partial charge in [-0.3, -0.25) is 0 Å². The molecular formula is C37H44N4+2. The summed E-state index contributed by atoms with van der Waals surface area (Å²) in [4.78, 5) is 0. The molecule has 1 atom stereocenters. The van der Waals surface area contributed by atoms with Gasteiger partial charge in [0.15, 0.2) is 0 Å². The molecule has 6 aliphatic rings. The SMILES string of the molecule is CCC1=C(CC)C2=[N+]3C1=Cc1c(CC)c(CC)c4n1C31n3c(c(CC)c(CC)c3=C4)=CC3=[N+]1C(=C2)C(CC)=C3CC. The van der Waals surface area contributed by atoms with Gasteiger partial charge in [-0.2, -0.15) is 9.13 Å². The minimum Gasteiger partial charge on any atom is -0.199 e. The van der Waals surface area contributed by atoms with E-state index in [0.717, 1.165) is 51.4 Å². The maximum atomic E-state index is 2.78. The van der Waals surface area contributed by atoms with Crippen molar-refractivity contribution in [2.45, 2.75) is 113 Å². The van der Waals surface area contributed by atoms with Crippen LogP contribution < -0.4 is 10.7 Å². The van der Waals surface area contributed by atoms with Gasteiger partial charge in [-0.05, 0) is 79.7 Å². The van der Waals surface area contributed by atoms with Crippen LogP contribution in [0.3, 0.4) is 0 Å². The summed E-state index contributed by atoms with van der Waals surface area (Å²) >= 11 is 0. The molecule has 1 unspecified atom stereocenters. The molecule has 0 radical (unpaired) electrons. The first-order valence-corrected chi connectivity index (χ1v) is 16.5. The van der Waals surface area contributed by atoms with Gasteiger partial charge in [-0.25, -0.2) is 0 Å². The Kier molecular flexibility index (Phi) is 5.15. The van der Waals surface area contributed by atoms with E-state index in [1.165, 1.54) is 89.4 Å². The molecule has 0 saturated heterocycles. The standard InChI is InChI=1S/C37H44N4/c1-9-21-22(10-2)30-18-32-25(13-5)26(14-6)34-20-36-28(16-8)27(15-7)35-19-33-24(12-4)23(11-3)31-17-29(21)38(30)37(39(31)33,40(32)34)41(35)36/h17-20H,9-16H2,1-8H3/q+2. The third-order valence-electron chi connectivity index (χ3n) is 11.0. The molecule has 210 valence electrons. The van der Waals surface area contributed by atoms with Gasteiger partial charge in [0.2, 0.25) is 22.8 Å². The van der Waals surface area contributed by atoms with Crippen LogP contribution in [0.25, 0.3) is 18.2 Å². The number of nitrogens with zero attached hydrogens (tertiary/aromatic N) is 4. The summed E-state index contributed by atoms with van der Waals surface area (Å²) in [5.41, 5.74) is 20.9. The summed E-state index contributed by atoms with van der Waals surface area (Å²) in [6.45, 7) is 18.9. The molecule has 0 aliphatic carbocycles. The Bertz CT molecular complexity index is 1950. The van der Waals surface area contributed by atoms with E-state index in [1.54, 1.807) is 0 Å². The number of allylic oxidation sites excluding steroid dienone is 5. The van der Waals surface area contributed by atoms with Crippen LogP contribution in [0.2, 0.25) is 0 Å². The van der Waals surface area contributed by atoms with E-state index in [2.05, 4.69) is 98.0 Å². The highest BCUT2D eigenvalue weighted by Gasteiger charge is 2.73. The van der Waals surface area contributed by atoms with E-state index in [4.69, 9.17) is 0 Å². The molecule has 0 aromatic carbocycles. The Morgan fingerprint density at radius 1 is 0.463 bits per heavy atom. The average Bonchev–Trinajstić information content (AvgIpc) is 3.69. The highest BCUT2D eigenvalue weighted by Crippen LogP contribution is 2.52. The van der Waals surface area contributed by atoms with E-state index >= 15 is 0 Å². The van der Waals surface area contributed by atoms with E-state index in [1.807, 2.05) is 0 Å². The van der Waals surface area contributed by atoms with Crippen molar-refractivity contribution in [1.29, 1.82) is 0 Å². The van der Waals surface area contributed by atoms with Gasteiger partial charge in [0.05, 0.1) is 28.2 Å². The van der Waals surface area contributed by atoms with Crippen LogP contribution in [0.5, 0.6) is 0 Å². The van der Waals surface area contributed by atoms with Crippen LogP contribution in [0.15, 0.2) is 39.8 Å². The molecule has 0 bridgehead atoms. The zero-order valence-electron chi connectivity index (χ0n) is 26.3. The smallest absolute Gasteiger partial charge is 0.199 e. The molecule has 4 nitrogen and oxygen atoms in total. The van der Waals surface area contributed by atoms with Crippen molar-refractivity contribution in [1.82, 2.24) is 9.13 Å². The molecule has 2 aromatic rings. The lowest BCUT2D eigenvalue weighted by Gasteiger charge is -2.38. The summed E-state index contributed by atoms with van der Waals surface area (Å²) in [5.74, 6) is -0.513. The van der Waals surface area contributed by atoms with Gasteiger partial charge in [0.25, 0.3) is 0 Å². The van der Waals surface area contributed by atoms with Gasteiger partial charge >= 0.3 is 5.91 Å². The fourth-order valence-electron chi connectivity index (χ4n) is 9.62. The molecule has 41 heavy (non-hydrogen) atoms. The second kappa shape index (κ2) is 8.33. The predicted octanol–water partition coefficient (Wildman–Crippen LogP) is 6.01. The van der Waals surface area contributed by atoms with E-state index in [-0.39, 0.29) is 0 Å². The second-order valence-electron chi connectivity index (χ2n) is 12.3. The minimum atomic E-state index is -0.513. The fourth-order valence-corrected chi connectivity index (χ4v) is 9.62. The highest BCUT2D eigenvalue weighted by molar-refractivity contribution is 6.21. The summed E-state index contributed by atoms with van der Waals surface area (Å²) in [7, 11) is 0. The van der Waals surface area contributed by atoms with Crippen molar-refractivity contribution in [2.75, 3.05) is 0 Å². The van der Waals surface area contributed by atoms with Gasteiger partial charge in [0, 0.05) is 34.4 Å². The molecule has 6 aliphatic heterocycles. The summed E-state index contributed by atoms with van der Waals surface area (Å²) in [5, 5.41) is 2.85. The molecule has 0 amide bonds. The van der Waals surface area contributed by atoms with Crippen molar-refractivity contribution in [3.8, 4) is 0 Å². The Morgan fingerprint density at radius 2 is 0.902 bits per heavy atom. The lowest BCUT2D eigenvalue weighted by Crippen LogP contribution is -2.70. The van der Waals surface area contributed by atoms with Crippen LogP contribution in [0.1, 0.15) is 115 Å². The predicted molar refractivity (Wildman–Crippen MR) is 169 cm³/mol. The molecule has 8 heterocycles. The van der Waals surface area contributed by atoms with Gasteiger partial charge < -0.3 is 0 Å². The van der Waals surface area contributed by atoms with Crippen LogP contribution in [0, 0.1) is 0 Å². The molecular weight excluding hydrogens is 500 g/mol. The number of hydrogen-bond donors (Lipinski definition) is 0. The molecule has 1 spiro atoms. The quantitative estimate of drug-likeness (QED) is 0.362. The number of rotatable bonds is 8. The topological polar surface area (TPSA) is 15.9 Å². The van der Waals surface area contributed by atoms with Crippen molar-refractivity contribution in [3.63, 3.8) is 0 Å². The van der Waals surface area contributed by atoms with Gasteiger partial charge in [-0.1, -0.05) is 64.5 Å². The number of hydrogen-bond acceptors (Lipinski definition) is 0. The van der Waals surface area contributed by atoms with E-state index in [0.29, 0.717) is 0 Å². The maximum Gasteiger partial charge on any atom is 0.553 e. The monoisotopic (exact) mass is 544 g/mol. The Balaban J connectivity index is 1.70. The largest absolute Gasteiger partial charge is 0.553 e. The number of aromatic nitrogens is 2. The van der Waals surface area contributed by atoms with Gasteiger partial charge in [-0.15, -0.1) is 0 Å². The zero-order valence-corrected chi connectivity index (χ0v) is 26.3. The Labute approximate surface area is 244 Å².